The van der Waals surface area contributed by atoms with Crippen molar-refractivity contribution < 1.29 is 38.0 Å². The van der Waals surface area contributed by atoms with Gasteiger partial charge in [-0.1, -0.05) is 30.3 Å². The highest BCUT2D eigenvalue weighted by atomic mass is 16.6. The van der Waals surface area contributed by atoms with E-state index in [2.05, 4.69) is 0 Å². The Morgan fingerprint density at radius 3 is 2.31 bits per heavy atom. The van der Waals surface area contributed by atoms with Crippen LogP contribution in [0, 0.1) is 6.92 Å². The minimum absolute atomic E-state index is 0.123. The number of allylic oxidation sites excluding steroid dienone is 1. The van der Waals surface area contributed by atoms with E-state index in [4.69, 9.17) is 28.4 Å². The molecule has 0 radical (unpaired) electrons. The van der Waals surface area contributed by atoms with Gasteiger partial charge >= 0.3 is 5.97 Å². The molecular formula is C28H26O8. The first-order valence-corrected chi connectivity index (χ1v) is 11.2. The number of carbonyl (C=O) groups is 2. The molecule has 4 rings (SSSR count). The molecule has 3 aromatic carbocycles. The lowest BCUT2D eigenvalue weighted by Gasteiger charge is -2.14. The number of carbonyl (C=O) groups excluding carboxylic acids is 2. The number of fused-ring (bicyclic) bond motifs is 1. The minimum atomic E-state index is -0.503. The van der Waals surface area contributed by atoms with Crippen molar-refractivity contribution in [2.24, 2.45) is 0 Å². The molecule has 8 heteroatoms. The first-order valence-electron chi connectivity index (χ1n) is 11.2. The maximum Gasteiger partial charge on any atom is 0.344 e. The van der Waals surface area contributed by atoms with Gasteiger partial charge in [0, 0.05) is 11.1 Å². The van der Waals surface area contributed by atoms with Gasteiger partial charge in [-0.15, -0.1) is 0 Å². The summed E-state index contributed by atoms with van der Waals surface area (Å²) in [5.41, 5.74) is 2.47. The van der Waals surface area contributed by atoms with Gasteiger partial charge in [-0.25, -0.2) is 4.79 Å². The number of methoxy groups -OCH3 is 3. The summed E-state index contributed by atoms with van der Waals surface area (Å²) in [7, 11) is 4.54. The van der Waals surface area contributed by atoms with Crippen LogP contribution in [0.4, 0.5) is 0 Å². The van der Waals surface area contributed by atoms with E-state index in [1.807, 2.05) is 30.3 Å². The molecule has 0 fully saturated rings. The number of ketones is 1. The van der Waals surface area contributed by atoms with Crippen molar-refractivity contribution in [1.29, 1.82) is 0 Å². The van der Waals surface area contributed by atoms with Crippen molar-refractivity contribution in [2.45, 2.75) is 13.5 Å². The molecule has 3 aromatic rings. The zero-order valence-electron chi connectivity index (χ0n) is 20.5. The number of rotatable bonds is 9. The van der Waals surface area contributed by atoms with Crippen LogP contribution in [-0.4, -0.2) is 39.7 Å². The van der Waals surface area contributed by atoms with E-state index in [9.17, 15) is 9.59 Å². The Bertz CT molecular complexity index is 1310. The molecule has 186 valence electrons. The third kappa shape index (κ3) is 4.98. The molecule has 1 aliphatic heterocycles. The summed E-state index contributed by atoms with van der Waals surface area (Å²) in [6.07, 6.45) is 1.59. The van der Waals surface area contributed by atoms with Gasteiger partial charge in [-0.05, 0) is 42.8 Å². The van der Waals surface area contributed by atoms with Gasteiger partial charge in [-0.3, -0.25) is 4.79 Å². The Kier molecular flexibility index (Phi) is 7.44. The molecule has 8 nitrogen and oxygen atoms in total. The summed E-state index contributed by atoms with van der Waals surface area (Å²) in [6, 6.07) is 16.1. The van der Waals surface area contributed by atoms with E-state index in [1.165, 1.54) is 21.3 Å². The zero-order valence-corrected chi connectivity index (χ0v) is 20.5. The van der Waals surface area contributed by atoms with E-state index >= 15 is 0 Å². The molecule has 0 spiro atoms. The molecular weight excluding hydrogens is 464 g/mol. The molecule has 0 aliphatic carbocycles. The summed E-state index contributed by atoms with van der Waals surface area (Å²) in [5.74, 6) is 1.45. The number of esters is 1. The van der Waals surface area contributed by atoms with E-state index in [0.717, 1.165) is 5.56 Å². The normalized spacial score (nSPS) is 13.1. The molecule has 0 aromatic heterocycles. The van der Waals surface area contributed by atoms with Gasteiger partial charge in [0.25, 0.3) is 0 Å². The molecule has 0 saturated carbocycles. The van der Waals surface area contributed by atoms with Crippen LogP contribution in [0.1, 0.15) is 27.0 Å². The third-order valence-corrected chi connectivity index (χ3v) is 5.65. The van der Waals surface area contributed by atoms with Crippen LogP contribution in [0.25, 0.3) is 6.08 Å². The van der Waals surface area contributed by atoms with E-state index in [0.29, 0.717) is 45.4 Å². The summed E-state index contributed by atoms with van der Waals surface area (Å²) in [4.78, 5) is 25.2. The third-order valence-electron chi connectivity index (χ3n) is 5.65. The second kappa shape index (κ2) is 10.9. The molecule has 1 aliphatic rings. The van der Waals surface area contributed by atoms with Gasteiger partial charge in [0.15, 0.2) is 23.9 Å². The van der Waals surface area contributed by atoms with E-state index in [-0.39, 0.29) is 24.8 Å². The molecule has 0 amide bonds. The fourth-order valence-electron chi connectivity index (χ4n) is 3.82. The van der Waals surface area contributed by atoms with Crippen LogP contribution >= 0.6 is 0 Å². The fraction of sp³-hybridized carbons (Fsp3) is 0.214. The highest BCUT2D eigenvalue weighted by Crippen LogP contribution is 2.43. The zero-order chi connectivity index (χ0) is 25.7. The predicted octanol–water partition coefficient (Wildman–Crippen LogP) is 4.76. The highest BCUT2D eigenvalue weighted by Gasteiger charge is 2.31. The Hall–Kier alpha value is -4.46. The average molecular weight is 491 g/mol. The van der Waals surface area contributed by atoms with Crippen LogP contribution in [0.15, 0.2) is 60.4 Å². The molecule has 0 saturated heterocycles. The fourth-order valence-corrected chi connectivity index (χ4v) is 3.82. The Balaban J connectivity index is 1.49. The van der Waals surface area contributed by atoms with E-state index in [1.54, 1.807) is 37.3 Å². The van der Waals surface area contributed by atoms with Crippen LogP contribution < -0.4 is 23.7 Å². The lowest BCUT2D eigenvalue weighted by atomic mass is 10.1. The van der Waals surface area contributed by atoms with Crippen molar-refractivity contribution in [2.75, 3.05) is 27.9 Å². The summed E-state index contributed by atoms with van der Waals surface area (Å²) in [6.45, 7) is 1.65. The SMILES string of the molecule is COc1ccc(/C=C2\Oc3c(ccc(OCC(=O)OCc4ccccc4)c3C)C2=O)c(OC)c1OC. The Morgan fingerprint density at radius 1 is 0.889 bits per heavy atom. The van der Waals surface area contributed by atoms with Gasteiger partial charge < -0.3 is 28.4 Å². The predicted molar refractivity (Wildman–Crippen MR) is 132 cm³/mol. The molecule has 0 atom stereocenters. The molecule has 0 unspecified atom stereocenters. The number of ether oxygens (including phenoxy) is 6. The lowest BCUT2D eigenvalue weighted by Crippen LogP contribution is -2.15. The average Bonchev–Trinajstić information content (AvgIpc) is 3.22. The van der Waals surface area contributed by atoms with Crippen molar-refractivity contribution in [3.63, 3.8) is 0 Å². The molecule has 36 heavy (non-hydrogen) atoms. The topological polar surface area (TPSA) is 89.5 Å². The summed E-state index contributed by atoms with van der Waals surface area (Å²) >= 11 is 0. The first-order chi connectivity index (χ1) is 17.5. The Labute approximate surface area is 209 Å². The lowest BCUT2D eigenvalue weighted by molar-refractivity contribution is -0.147. The number of hydrogen-bond donors (Lipinski definition) is 0. The molecule has 1 heterocycles. The van der Waals surface area contributed by atoms with Gasteiger partial charge in [0.2, 0.25) is 11.5 Å². The maximum atomic E-state index is 13.0. The smallest absolute Gasteiger partial charge is 0.344 e. The highest BCUT2D eigenvalue weighted by molar-refractivity contribution is 6.15. The van der Waals surface area contributed by atoms with Gasteiger partial charge in [-0.2, -0.15) is 0 Å². The minimum Gasteiger partial charge on any atom is -0.493 e. The van der Waals surface area contributed by atoms with Crippen molar-refractivity contribution in [3.05, 3.63) is 82.6 Å². The van der Waals surface area contributed by atoms with Gasteiger partial charge in [0.1, 0.15) is 18.1 Å². The maximum absolute atomic E-state index is 13.0. The standard InChI is InChI=1S/C28H26O8/c1-17-21(34-16-24(29)35-15-18-8-6-5-7-9-18)13-11-20-25(30)23(36-26(17)20)14-19-10-12-22(31-2)28(33-4)27(19)32-3/h5-14H,15-16H2,1-4H3/b23-14-. The van der Waals surface area contributed by atoms with Gasteiger partial charge in [0.05, 0.1) is 26.9 Å². The monoisotopic (exact) mass is 490 g/mol. The first kappa shape index (κ1) is 24.7. The second-order valence-electron chi connectivity index (χ2n) is 7.86. The van der Waals surface area contributed by atoms with Crippen LogP contribution in [0.3, 0.4) is 0 Å². The largest absolute Gasteiger partial charge is 0.493 e. The molecule has 0 N–H and O–H groups in total. The van der Waals surface area contributed by atoms with Crippen LogP contribution in [0.2, 0.25) is 0 Å². The number of hydrogen-bond acceptors (Lipinski definition) is 8. The second-order valence-corrected chi connectivity index (χ2v) is 7.86. The number of benzene rings is 3. The van der Waals surface area contributed by atoms with E-state index < -0.39 is 5.97 Å². The molecule has 0 bridgehead atoms. The van der Waals surface area contributed by atoms with Crippen molar-refractivity contribution in [1.82, 2.24) is 0 Å². The Morgan fingerprint density at radius 2 is 1.61 bits per heavy atom. The van der Waals surface area contributed by atoms with Crippen molar-refractivity contribution >= 4 is 17.8 Å². The number of Topliss-reactive ketones (excluding diaryl/α,β-unsaturated/α-hetero) is 1. The van der Waals surface area contributed by atoms with Crippen LogP contribution in [-0.2, 0) is 16.1 Å². The van der Waals surface area contributed by atoms with Crippen molar-refractivity contribution in [3.8, 4) is 28.7 Å². The van der Waals surface area contributed by atoms with Crippen LogP contribution in [0.5, 0.6) is 28.7 Å². The summed E-state index contributed by atoms with van der Waals surface area (Å²) in [5, 5.41) is 0. The quantitative estimate of drug-likeness (QED) is 0.313. The summed E-state index contributed by atoms with van der Waals surface area (Å²) < 4.78 is 33.1.